The average molecular weight is 507 g/mol. The first-order chi connectivity index (χ1) is 16.7. The van der Waals surface area contributed by atoms with E-state index in [2.05, 4.69) is 10.6 Å². The molecule has 0 aliphatic carbocycles. The molecule has 3 aliphatic rings. The van der Waals surface area contributed by atoms with E-state index in [1.165, 1.54) is 29.8 Å². The Bertz CT molecular complexity index is 1150. The fourth-order valence-electron chi connectivity index (χ4n) is 4.85. The second kappa shape index (κ2) is 9.03. The van der Waals surface area contributed by atoms with Crippen LogP contribution in [-0.4, -0.2) is 61.8 Å². The lowest BCUT2D eigenvalue weighted by Gasteiger charge is -2.36. The molecule has 3 amide bonds. The van der Waals surface area contributed by atoms with Crippen LogP contribution in [0.5, 0.6) is 0 Å². The minimum absolute atomic E-state index is 0.00352. The Hall–Kier alpha value is -2.76. The number of imide groups is 1. The summed E-state index contributed by atoms with van der Waals surface area (Å²) in [5.74, 6) is -0.277. The fraction of sp³-hybridized carbons (Fsp3) is 0.417. The van der Waals surface area contributed by atoms with Gasteiger partial charge >= 0.3 is 12.2 Å². The lowest BCUT2D eigenvalue weighted by atomic mass is 9.88. The van der Waals surface area contributed by atoms with Crippen molar-refractivity contribution in [1.29, 1.82) is 0 Å². The Morgan fingerprint density at radius 2 is 1.71 bits per heavy atom. The molecule has 0 radical (unpaired) electrons. The van der Waals surface area contributed by atoms with E-state index in [1.54, 1.807) is 4.90 Å². The summed E-state index contributed by atoms with van der Waals surface area (Å²) >= 11 is 1.40. The van der Waals surface area contributed by atoms with Gasteiger partial charge in [0.2, 0.25) is 0 Å². The Morgan fingerprint density at radius 1 is 1.03 bits per heavy atom. The van der Waals surface area contributed by atoms with Crippen LogP contribution < -0.4 is 15.5 Å². The highest BCUT2D eigenvalue weighted by molar-refractivity contribution is 7.99. The quantitative estimate of drug-likeness (QED) is 0.598. The SMILES string of the molecule is COC(CN1C(=O)NC2(CCNCC2)C1=O)CN1c2ccccc2Sc2ccc(C(F)(F)F)cc21. The van der Waals surface area contributed by atoms with Gasteiger partial charge in [-0.05, 0) is 56.3 Å². The maximum absolute atomic E-state index is 13.5. The van der Waals surface area contributed by atoms with Crippen molar-refractivity contribution in [2.24, 2.45) is 0 Å². The topological polar surface area (TPSA) is 73.9 Å². The number of methoxy groups -OCH3 is 1. The number of para-hydroxylation sites is 1. The summed E-state index contributed by atoms with van der Waals surface area (Å²) < 4.78 is 46.1. The van der Waals surface area contributed by atoms with Crippen molar-refractivity contribution in [3.63, 3.8) is 0 Å². The highest BCUT2D eigenvalue weighted by Crippen LogP contribution is 2.49. The summed E-state index contributed by atoms with van der Waals surface area (Å²) in [6.45, 7) is 1.42. The minimum Gasteiger partial charge on any atom is -0.378 e. The number of nitrogens with zero attached hydrogens (tertiary/aromatic N) is 2. The maximum Gasteiger partial charge on any atom is 0.416 e. The smallest absolute Gasteiger partial charge is 0.378 e. The molecule has 0 aromatic heterocycles. The summed E-state index contributed by atoms with van der Waals surface area (Å²) in [7, 11) is 1.47. The van der Waals surface area contributed by atoms with Gasteiger partial charge in [0, 0.05) is 16.9 Å². The number of carbonyl (C=O) groups is 2. The van der Waals surface area contributed by atoms with Gasteiger partial charge in [-0.15, -0.1) is 0 Å². The van der Waals surface area contributed by atoms with E-state index in [0.717, 1.165) is 22.7 Å². The molecule has 11 heteroatoms. The van der Waals surface area contributed by atoms with Crippen molar-refractivity contribution in [3.05, 3.63) is 48.0 Å². The van der Waals surface area contributed by atoms with Crippen LogP contribution in [0.2, 0.25) is 0 Å². The van der Waals surface area contributed by atoms with Gasteiger partial charge in [-0.2, -0.15) is 13.2 Å². The predicted molar refractivity (Wildman–Crippen MR) is 125 cm³/mol. The molecule has 5 rings (SSSR count). The minimum atomic E-state index is -4.48. The highest BCUT2D eigenvalue weighted by Gasteiger charge is 2.51. The van der Waals surface area contributed by atoms with Crippen molar-refractivity contribution in [1.82, 2.24) is 15.5 Å². The third-order valence-electron chi connectivity index (χ3n) is 6.76. The third kappa shape index (κ3) is 4.36. The molecule has 2 saturated heterocycles. The Balaban J connectivity index is 1.43. The standard InChI is InChI=1S/C24H25F3N4O3S/c1-34-16(14-31-21(32)23(29-22(31)33)8-10-28-11-9-23)13-30-17-4-2-3-5-19(17)35-20-7-6-15(12-18(20)30)24(25,26)27/h2-7,12,16,28H,8-11,13-14H2,1H3,(H,29,33). The zero-order chi connectivity index (χ0) is 24.8. The Labute approximate surface area is 205 Å². The van der Waals surface area contributed by atoms with Gasteiger partial charge in [0.15, 0.2) is 0 Å². The number of hydrogen-bond donors (Lipinski definition) is 2. The molecular formula is C24H25F3N4O3S. The monoisotopic (exact) mass is 506 g/mol. The van der Waals surface area contributed by atoms with Crippen LogP contribution in [0, 0.1) is 0 Å². The molecule has 7 nitrogen and oxygen atoms in total. The highest BCUT2D eigenvalue weighted by atomic mass is 32.2. The van der Waals surface area contributed by atoms with E-state index in [-0.39, 0.29) is 19.0 Å². The number of hydrogen-bond acceptors (Lipinski definition) is 6. The number of urea groups is 1. The van der Waals surface area contributed by atoms with E-state index in [0.29, 0.717) is 36.5 Å². The average Bonchev–Trinajstić information content (AvgIpc) is 3.06. The summed E-state index contributed by atoms with van der Waals surface area (Å²) in [5.41, 5.74) is -0.475. The molecule has 186 valence electrons. The summed E-state index contributed by atoms with van der Waals surface area (Å²) in [5, 5.41) is 6.05. The van der Waals surface area contributed by atoms with Crippen molar-refractivity contribution < 1.29 is 27.5 Å². The van der Waals surface area contributed by atoms with Crippen LogP contribution in [0.25, 0.3) is 0 Å². The second-order valence-electron chi connectivity index (χ2n) is 8.90. The van der Waals surface area contributed by atoms with Gasteiger partial charge < -0.3 is 20.3 Å². The fourth-order valence-corrected chi connectivity index (χ4v) is 5.93. The normalized spacial score (nSPS) is 20.0. The van der Waals surface area contributed by atoms with Gasteiger partial charge in [-0.1, -0.05) is 23.9 Å². The van der Waals surface area contributed by atoms with Crippen LogP contribution >= 0.6 is 11.8 Å². The molecule has 3 heterocycles. The van der Waals surface area contributed by atoms with E-state index in [1.807, 2.05) is 24.3 Å². The lowest BCUT2D eigenvalue weighted by Crippen LogP contribution is -2.54. The molecule has 1 unspecified atom stereocenters. The number of piperidine rings is 1. The Morgan fingerprint density at radius 3 is 2.43 bits per heavy atom. The van der Waals surface area contributed by atoms with E-state index in [4.69, 9.17) is 4.74 Å². The zero-order valence-corrected chi connectivity index (χ0v) is 19.8. The van der Waals surface area contributed by atoms with Crippen LogP contribution in [0.3, 0.4) is 0 Å². The first kappa shape index (κ1) is 24.0. The maximum atomic E-state index is 13.5. The third-order valence-corrected chi connectivity index (χ3v) is 7.89. The number of halogens is 3. The number of carbonyl (C=O) groups excluding carboxylic acids is 2. The number of benzene rings is 2. The first-order valence-electron chi connectivity index (χ1n) is 11.4. The van der Waals surface area contributed by atoms with Gasteiger partial charge in [0.1, 0.15) is 5.54 Å². The van der Waals surface area contributed by atoms with E-state index < -0.39 is 29.4 Å². The van der Waals surface area contributed by atoms with Crippen LogP contribution in [0.4, 0.5) is 29.3 Å². The van der Waals surface area contributed by atoms with Crippen molar-refractivity contribution in [2.75, 3.05) is 38.2 Å². The summed E-state index contributed by atoms with van der Waals surface area (Å²) in [4.78, 5) is 30.5. The van der Waals surface area contributed by atoms with Gasteiger partial charge in [0.25, 0.3) is 5.91 Å². The number of amides is 3. The number of ether oxygens (including phenoxy) is 1. The summed E-state index contributed by atoms with van der Waals surface area (Å²) in [6.07, 6.45) is -4.08. The zero-order valence-electron chi connectivity index (χ0n) is 19.0. The summed E-state index contributed by atoms with van der Waals surface area (Å²) in [6, 6.07) is 10.7. The lowest BCUT2D eigenvalue weighted by molar-refractivity contribution is -0.137. The van der Waals surface area contributed by atoms with Gasteiger partial charge in [0.05, 0.1) is 36.1 Å². The van der Waals surface area contributed by atoms with Crippen LogP contribution in [-0.2, 0) is 15.7 Å². The van der Waals surface area contributed by atoms with Crippen molar-refractivity contribution in [2.45, 2.75) is 40.5 Å². The number of alkyl halides is 3. The van der Waals surface area contributed by atoms with Crippen molar-refractivity contribution >= 4 is 35.1 Å². The number of nitrogens with one attached hydrogen (secondary N) is 2. The molecule has 0 bridgehead atoms. The molecular weight excluding hydrogens is 481 g/mol. The molecule has 2 fully saturated rings. The number of rotatable bonds is 5. The molecule has 0 saturated carbocycles. The van der Waals surface area contributed by atoms with Crippen molar-refractivity contribution in [3.8, 4) is 0 Å². The molecule has 35 heavy (non-hydrogen) atoms. The van der Waals surface area contributed by atoms with Crippen LogP contribution in [0.1, 0.15) is 18.4 Å². The molecule has 1 atom stereocenters. The number of fused-ring (bicyclic) bond motifs is 2. The van der Waals surface area contributed by atoms with Crippen LogP contribution in [0.15, 0.2) is 52.3 Å². The molecule has 2 aromatic rings. The van der Waals surface area contributed by atoms with E-state index >= 15 is 0 Å². The number of anilines is 2. The van der Waals surface area contributed by atoms with E-state index in [9.17, 15) is 22.8 Å². The van der Waals surface area contributed by atoms with Gasteiger partial charge in [-0.3, -0.25) is 9.69 Å². The van der Waals surface area contributed by atoms with Gasteiger partial charge in [-0.25, -0.2) is 4.79 Å². The molecule has 1 spiro atoms. The molecule has 2 aromatic carbocycles. The molecule has 2 N–H and O–H groups in total. The Kier molecular flexibility index (Phi) is 6.18. The molecule has 3 aliphatic heterocycles. The first-order valence-corrected chi connectivity index (χ1v) is 12.2. The predicted octanol–water partition coefficient (Wildman–Crippen LogP) is 4.00. The second-order valence-corrected chi connectivity index (χ2v) is 9.98. The largest absolute Gasteiger partial charge is 0.416 e.